The van der Waals surface area contributed by atoms with Crippen LogP contribution < -0.4 is 15.5 Å². The molecule has 1 aliphatic rings. The molecule has 0 aliphatic carbocycles. The molecule has 0 atom stereocenters. The maximum absolute atomic E-state index is 12.1. The Balaban J connectivity index is 1.74. The van der Waals surface area contributed by atoms with Crippen LogP contribution in [0.4, 0.5) is 10.5 Å². The Morgan fingerprint density at radius 2 is 1.73 bits per heavy atom. The van der Waals surface area contributed by atoms with E-state index in [-0.39, 0.29) is 24.5 Å². The molecule has 120 valence electrons. The van der Waals surface area contributed by atoms with Crippen LogP contribution in [0.15, 0.2) is 30.3 Å². The van der Waals surface area contributed by atoms with Crippen LogP contribution in [0.2, 0.25) is 0 Å². The normalized spacial score (nSPS) is 14.9. The van der Waals surface area contributed by atoms with Gasteiger partial charge in [0.2, 0.25) is 5.91 Å². The molecule has 0 unspecified atom stereocenters. The molecular weight excluding hydrogens is 280 g/mol. The molecule has 1 aromatic carbocycles. The molecule has 0 spiro atoms. The van der Waals surface area contributed by atoms with E-state index in [4.69, 9.17) is 0 Å². The molecule has 6 nitrogen and oxygen atoms in total. The lowest BCUT2D eigenvalue weighted by Gasteiger charge is -2.36. The molecule has 0 saturated carbocycles. The summed E-state index contributed by atoms with van der Waals surface area (Å²) in [6.45, 7) is 6.79. The Kier molecular flexibility index (Phi) is 5.63. The average Bonchev–Trinajstić information content (AvgIpc) is 2.53. The highest BCUT2D eigenvalue weighted by molar-refractivity contribution is 5.84. The van der Waals surface area contributed by atoms with Gasteiger partial charge in [0.15, 0.2) is 0 Å². The number of carbonyl (C=O) groups is 2. The Hall–Kier alpha value is -2.24. The van der Waals surface area contributed by atoms with E-state index in [0.717, 1.165) is 13.1 Å². The average molecular weight is 304 g/mol. The summed E-state index contributed by atoms with van der Waals surface area (Å²) in [6, 6.07) is 9.95. The monoisotopic (exact) mass is 304 g/mol. The lowest BCUT2D eigenvalue weighted by Crippen LogP contribution is -2.52. The molecule has 22 heavy (non-hydrogen) atoms. The summed E-state index contributed by atoms with van der Waals surface area (Å²) in [4.78, 5) is 27.6. The number of carbonyl (C=O) groups excluding carboxylic acids is 2. The first-order valence-electron chi connectivity index (χ1n) is 7.68. The summed E-state index contributed by atoms with van der Waals surface area (Å²) in [5.41, 5.74) is 1.18. The molecule has 1 saturated heterocycles. The number of hydrogen-bond acceptors (Lipinski definition) is 3. The summed E-state index contributed by atoms with van der Waals surface area (Å²) in [6.07, 6.45) is 0. The number of anilines is 1. The first-order chi connectivity index (χ1) is 10.6. The smallest absolute Gasteiger partial charge is 0.315 e. The number of amides is 3. The standard InChI is InChI=1S/C16H24N4O2/c1-13(2)18-16(22)17-12-15(21)20-10-8-19(9-11-20)14-6-4-3-5-7-14/h3-7,13H,8-12H2,1-2H3,(H2,17,18,22). The van der Waals surface area contributed by atoms with E-state index in [1.807, 2.05) is 32.0 Å². The fraction of sp³-hybridized carbons (Fsp3) is 0.500. The van der Waals surface area contributed by atoms with E-state index < -0.39 is 0 Å². The quantitative estimate of drug-likeness (QED) is 0.873. The van der Waals surface area contributed by atoms with E-state index in [9.17, 15) is 9.59 Å². The molecule has 6 heteroatoms. The molecule has 2 N–H and O–H groups in total. The van der Waals surface area contributed by atoms with Crippen molar-refractivity contribution < 1.29 is 9.59 Å². The number of nitrogens with one attached hydrogen (secondary N) is 2. The topological polar surface area (TPSA) is 64.7 Å². The van der Waals surface area contributed by atoms with Crippen LogP contribution in [-0.4, -0.2) is 55.6 Å². The summed E-state index contributed by atoms with van der Waals surface area (Å²) in [5.74, 6) is -0.0355. The van der Waals surface area contributed by atoms with Crippen molar-refractivity contribution in [2.45, 2.75) is 19.9 Å². The molecule has 2 rings (SSSR count). The van der Waals surface area contributed by atoms with Gasteiger partial charge < -0.3 is 20.4 Å². The molecule has 1 fully saturated rings. The zero-order chi connectivity index (χ0) is 15.9. The predicted octanol–water partition coefficient (Wildman–Crippen LogP) is 1.04. The molecular formula is C16H24N4O2. The number of rotatable bonds is 4. The lowest BCUT2D eigenvalue weighted by molar-refractivity contribution is -0.130. The first-order valence-corrected chi connectivity index (χ1v) is 7.68. The molecule has 1 aromatic rings. The van der Waals surface area contributed by atoms with Gasteiger partial charge >= 0.3 is 6.03 Å². The van der Waals surface area contributed by atoms with Gasteiger partial charge in [-0.05, 0) is 26.0 Å². The number of nitrogens with zero attached hydrogens (tertiary/aromatic N) is 2. The molecule has 1 heterocycles. The second-order valence-electron chi connectivity index (χ2n) is 5.69. The van der Waals surface area contributed by atoms with Crippen molar-refractivity contribution in [1.29, 1.82) is 0 Å². The van der Waals surface area contributed by atoms with Crippen molar-refractivity contribution in [2.24, 2.45) is 0 Å². The Morgan fingerprint density at radius 3 is 2.32 bits per heavy atom. The predicted molar refractivity (Wildman–Crippen MR) is 86.9 cm³/mol. The van der Waals surface area contributed by atoms with Crippen molar-refractivity contribution in [3.8, 4) is 0 Å². The van der Waals surface area contributed by atoms with Gasteiger partial charge in [-0.2, -0.15) is 0 Å². The van der Waals surface area contributed by atoms with Crippen molar-refractivity contribution in [3.63, 3.8) is 0 Å². The van der Waals surface area contributed by atoms with Crippen LogP contribution in [0.5, 0.6) is 0 Å². The molecule has 1 aliphatic heterocycles. The Bertz CT molecular complexity index is 496. The van der Waals surface area contributed by atoms with Gasteiger partial charge in [-0.1, -0.05) is 18.2 Å². The van der Waals surface area contributed by atoms with Crippen molar-refractivity contribution in [3.05, 3.63) is 30.3 Å². The third kappa shape index (κ3) is 4.65. The Morgan fingerprint density at radius 1 is 1.09 bits per heavy atom. The van der Waals surface area contributed by atoms with Gasteiger partial charge in [-0.3, -0.25) is 4.79 Å². The second-order valence-corrected chi connectivity index (χ2v) is 5.69. The van der Waals surface area contributed by atoms with Crippen LogP contribution in [0.25, 0.3) is 0 Å². The highest BCUT2D eigenvalue weighted by atomic mass is 16.2. The number of hydrogen-bond donors (Lipinski definition) is 2. The third-order valence-electron chi connectivity index (χ3n) is 3.57. The van der Waals surface area contributed by atoms with Crippen molar-refractivity contribution in [1.82, 2.24) is 15.5 Å². The van der Waals surface area contributed by atoms with Gasteiger partial charge in [-0.15, -0.1) is 0 Å². The maximum atomic E-state index is 12.1. The summed E-state index contributed by atoms with van der Waals surface area (Å²) in [7, 11) is 0. The highest BCUT2D eigenvalue weighted by Crippen LogP contribution is 2.15. The van der Waals surface area contributed by atoms with E-state index in [1.54, 1.807) is 4.90 Å². The van der Waals surface area contributed by atoms with Crippen LogP contribution in [0.1, 0.15) is 13.8 Å². The van der Waals surface area contributed by atoms with Crippen LogP contribution >= 0.6 is 0 Å². The summed E-state index contributed by atoms with van der Waals surface area (Å²) < 4.78 is 0. The van der Waals surface area contributed by atoms with Gasteiger partial charge in [0.05, 0.1) is 6.54 Å². The Labute approximate surface area is 131 Å². The zero-order valence-electron chi connectivity index (χ0n) is 13.2. The minimum atomic E-state index is -0.300. The minimum Gasteiger partial charge on any atom is -0.368 e. The van der Waals surface area contributed by atoms with Crippen LogP contribution in [0, 0.1) is 0 Å². The fourth-order valence-corrected chi connectivity index (χ4v) is 2.43. The number of piperazine rings is 1. The second kappa shape index (κ2) is 7.68. The van der Waals surface area contributed by atoms with E-state index in [1.165, 1.54) is 5.69 Å². The molecule has 0 aromatic heterocycles. The van der Waals surface area contributed by atoms with Gasteiger partial charge in [0, 0.05) is 37.9 Å². The van der Waals surface area contributed by atoms with Gasteiger partial charge in [-0.25, -0.2) is 4.79 Å². The summed E-state index contributed by atoms with van der Waals surface area (Å²) >= 11 is 0. The maximum Gasteiger partial charge on any atom is 0.315 e. The summed E-state index contributed by atoms with van der Waals surface area (Å²) in [5, 5.41) is 5.30. The van der Waals surface area contributed by atoms with E-state index in [0.29, 0.717) is 13.1 Å². The zero-order valence-corrected chi connectivity index (χ0v) is 13.2. The number of para-hydroxylation sites is 1. The van der Waals surface area contributed by atoms with Crippen molar-refractivity contribution in [2.75, 3.05) is 37.6 Å². The highest BCUT2D eigenvalue weighted by Gasteiger charge is 2.21. The largest absolute Gasteiger partial charge is 0.368 e. The molecule has 0 bridgehead atoms. The lowest BCUT2D eigenvalue weighted by atomic mass is 10.2. The van der Waals surface area contributed by atoms with E-state index in [2.05, 4.69) is 27.7 Å². The van der Waals surface area contributed by atoms with Gasteiger partial charge in [0.25, 0.3) is 0 Å². The molecule has 3 amide bonds. The van der Waals surface area contributed by atoms with Crippen molar-refractivity contribution >= 4 is 17.6 Å². The molecule has 0 radical (unpaired) electrons. The van der Waals surface area contributed by atoms with Crippen LogP contribution in [-0.2, 0) is 4.79 Å². The first kappa shape index (κ1) is 16.1. The van der Waals surface area contributed by atoms with Gasteiger partial charge in [0.1, 0.15) is 0 Å². The minimum absolute atomic E-state index is 0.0355. The van der Waals surface area contributed by atoms with Crippen LogP contribution in [0.3, 0.4) is 0 Å². The SMILES string of the molecule is CC(C)NC(=O)NCC(=O)N1CCN(c2ccccc2)CC1. The third-order valence-corrected chi connectivity index (χ3v) is 3.57. The van der Waals surface area contributed by atoms with E-state index >= 15 is 0 Å². The number of urea groups is 1. The number of benzene rings is 1. The fourth-order valence-electron chi connectivity index (χ4n) is 2.43.